The molecule has 2 rings (SSSR count). The Bertz CT molecular complexity index is 217. The van der Waals surface area contributed by atoms with Gasteiger partial charge in [0.15, 0.2) is 0 Å². The number of unbranched alkanes of at least 4 members (excludes halogenated alkanes) is 1. The molecule has 0 radical (unpaired) electrons. The van der Waals surface area contributed by atoms with Gasteiger partial charge in [-0.3, -0.25) is 0 Å². The summed E-state index contributed by atoms with van der Waals surface area (Å²) in [5.41, 5.74) is 0.455. The highest BCUT2D eigenvalue weighted by Crippen LogP contribution is 2.27. The fourth-order valence-electron chi connectivity index (χ4n) is 3.49. The van der Waals surface area contributed by atoms with Gasteiger partial charge in [-0.25, -0.2) is 0 Å². The molecule has 1 aliphatic carbocycles. The van der Waals surface area contributed by atoms with Crippen LogP contribution in [0.25, 0.3) is 0 Å². The summed E-state index contributed by atoms with van der Waals surface area (Å²) in [4.78, 5) is 0. The largest absolute Gasteiger partial charge is 0.381 e. The predicted molar refractivity (Wildman–Crippen MR) is 76.9 cm³/mol. The number of nitrogens with one attached hydrogen (secondary N) is 1. The molecular formula is C16H31NO. The molecule has 0 spiro atoms. The highest BCUT2D eigenvalue weighted by Gasteiger charge is 2.25. The number of ether oxygens (including phenoxy) is 1. The van der Waals surface area contributed by atoms with Crippen molar-refractivity contribution in [3.63, 3.8) is 0 Å². The van der Waals surface area contributed by atoms with Crippen molar-refractivity contribution in [2.24, 2.45) is 5.92 Å². The van der Waals surface area contributed by atoms with Crippen LogP contribution in [0.15, 0.2) is 0 Å². The Morgan fingerprint density at radius 3 is 2.50 bits per heavy atom. The molecule has 0 aromatic rings. The smallest absolute Gasteiger partial charge is 0.0468 e. The fraction of sp³-hybridized carbons (Fsp3) is 1.00. The van der Waals surface area contributed by atoms with Gasteiger partial charge in [-0.15, -0.1) is 0 Å². The maximum Gasteiger partial charge on any atom is 0.0468 e. The van der Waals surface area contributed by atoms with Crippen LogP contribution in [0.2, 0.25) is 0 Å². The summed E-state index contributed by atoms with van der Waals surface area (Å²) in [6.45, 7) is 5.65. The first-order valence-corrected chi connectivity index (χ1v) is 8.11. The third-order valence-electron chi connectivity index (χ3n) is 4.89. The molecule has 1 aliphatic heterocycles. The minimum Gasteiger partial charge on any atom is -0.381 e. The highest BCUT2D eigenvalue weighted by atomic mass is 16.5. The second-order valence-electron chi connectivity index (χ2n) is 6.60. The van der Waals surface area contributed by atoms with Gasteiger partial charge < -0.3 is 10.1 Å². The molecule has 0 bridgehead atoms. The van der Waals surface area contributed by atoms with E-state index in [-0.39, 0.29) is 0 Å². The van der Waals surface area contributed by atoms with Crippen LogP contribution < -0.4 is 5.32 Å². The first-order chi connectivity index (χ1) is 8.79. The normalized spacial score (nSPS) is 25.2. The molecule has 2 fully saturated rings. The summed E-state index contributed by atoms with van der Waals surface area (Å²) in [5, 5.41) is 3.81. The van der Waals surface area contributed by atoms with E-state index in [0.717, 1.165) is 19.1 Å². The van der Waals surface area contributed by atoms with Crippen LogP contribution in [0, 0.1) is 5.92 Å². The van der Waals surface area contributed by atoms with Gasteiger partial charge in [-0.1, -0.05) is 32.1 Å². The molecule has 106 valence electrons. The number of rotatable bonds is 6. The van der Waals surface area contributed by atoms with E-state index < -0.39 is 0 Å². The van der Waals surface area contributed by atoms with E-state index in [9.17, 15) is 0 Å². The average Bonchev–Trinajstić information content (AvgIpc) is 2.40. The quantitative estimate of drug-likeness (QED) is 0.725. The van der Waals surface area contributed by atoms with Gasteiger partial charge >= 0.3 is 0 Å². The lowest BCUT2D eigenvalue weighted by Crippen LogP contribution is -2.44. The monoisotopic (exact) mass is 253 g/mol. The lowest BCUT2D eigenvalue weighted by Gasteiger charge is -2.35. The Morgan fingerprint density at radius 2 is 1.78 bits per heavy atom. The fourth-order valence-corrected chi connectivity index (χ4v) is 3.49. The standard InChI is InChI=1S/C16H31NO/c1-16(10-4-2-5-11-16)17-12-6-3-7-15-8-13-18-14-9-15/h15,17H,2-14H2,1H3. The summed E-state index contributed by atoms with van der Waals surface area (Å²) in [6.07, 6.45) is 13.8. The zero-order valence-corrected chi connectivity index (χ0v) is 12.2. The predicted octanol–water partition coefficient (Wildman–Crippen LogP) is 3.90. The summed E-state index contributed by atoms with van der Waals surface area (Å²) in [6, 6.07) is 0. The van der Waals surface area contributed by atoms with Crippen LogP contribution in [0.4, 0.5) is 0 Å². The van der Waals surface area contributed by atoms with E-state index in [4.69, 9.17) is 4.74 Å². The van der Waals surface area contributed by atoms with Gasteiger partial charge in [-0.2, -0.15) is 0 Å². The third kappa shape index (κ3) is 4.89. The lowest BCUT2D eigenvalue weighted by atomic mass is 9.83. The summed E-state index contributed by atoms with van der Waals surface area (Å²) in [5.74, 6) is 0.948. The molecule has 2 nitrogen and oxygen atoms in total. The Hall–Kier alpha value is -0.0800. The lowest BCUT2D eigenvalue weighted by molar-refractivity contribution is 0.0631. The maximum absolute atomic E-state index is 5.41. The van der Waals surface area contributed by atoms with E-state index in [1.54, 1.807) is 0 Å². The molecule has 1 saturated heterocycles. The van der Waals surface area contributed by atoms with Crippen molar-refractivity contribution >= 4 is 0 Å². The van der Waals surface area contributed by atoms with Gasteiger partial charge in [0.1, 0.15) is 0 Å². The molecule has 1 heterocycles. The van der Waals surface area contributed by atoms with Crippen molar-refractivity contribution in [2.45, 2.75) is 76.7 Å². The van der Waals surface area contributed by atoms with E-state index in [1.807, 2.05) is 0 Å². The second kappa shape index (κ2) is 7.49. The van der Waals surface area contributed by atoms with Crippen molar-refractivity contribution in [3.8, 4) is 0 Å². The van der Waals surface area contributed by atoms with E-state index in [0.29, 0.717) is 5.54 Å². The molecular weight excluding hydrogens is 222 g/mol. The molecule has 0 amide bonds. The van der Waals surface area contributed by atoms with Crippen LogP contribution >= 0.6 is 0 Å². The van der Waals surface area contributed by atoms with Gasteiger partial charge in [0.25, 0.3) is 0 Å². The SMILES string of the molecule is CC1(NCCCCC2CCOCC2)CCCCC1. The molecule has 1 N–H and O–H groups in total. The molecule has 1 saturated carbocycles. The highest BCUT2D eigenvalue weighted by molar-refractivity contribution is 4.85. The summed E-state index contributed by atoms with van der Waals surface area (Å²) < 4.78 is 5.41. The zero-order valence-electron chi connectivity index (χ0n) is 12.2. The van der Waals surface area contributed by atoms with Crippen LogP contribution in [0.3, 0.4) is 0 Å². The molecule has 2 heteroatoms. The summed E-state index contributed by atoms with van der Waals surface area (Å²) in [7, 11) is 0. The second-order valence-corrected chi connectivity index (χ2v) is 6.60. The summed E-state index contributed by atoms with van der Waals surface area (Å²) >= 11 is 0. The first kappa shape index (κ1) is 14.3. The minimum absolute atomic E-state index is 0.455. The van der Waals surface area contributed by atoms with Gasteiger partial charge in [-0.05, 0) is 51.5 Å². The van der Waals surface area contributed by atoms with Crippen molar-refractivity contribution in [1.82, 2.24) is 5.32 Å². The van der Waals surface area contributed by atoms with Gasteiger partial charge in [0, 0.05) is 18.8 Å². The molecule has 0 atom stereocenters. The number of hydrogen-bond acceptors (Lipinski definition) is 2. The van der Waals surface area contributed by atoms with Crippen molar-refractivity contribution < 1.29 is 4.74 Å². The van der Waals surface area contributed by atoms with Gasteiger partial charge in [0.05, 0.1) is 0 Å². The van der Waals surface area contributed by atoms with Crippen LogP contribution in [0.1, 0.15) is 71.1 Å². The minimum atomic E-state index is 0.455. The Balaban J connectivity index is 1.50. The number of hydrogen-bond donors (Lipinski definition) is 1. The van der Waals surface area contributed by atoms with E-state index >= 15 is 0 Å². The van der Waals surface area contributed by atoms with Crippen LogP contribution in [0.5, 0.6) is 0 Å². The Labute approximate surface area is 113 Å². The Morgan fingerprint density at radius 1 is 1.06 bits per heavy atom. The Kier molecular flexibility index (Phi) is 5.97. The molecule has 2 aliphatic rings. The van der Waals surface area contributed by atoms with Crippen LogP contribution in [-0.2, 0) is 4.74 Å². The zero-order chi connectivity index (χ0) is 12.7. The van der Waals surface area contributed by atoms with Crippen molar-refractivity contribution in [3.05, 3.63) is 0 Å². The van der Waals surface area contributed by atoms with Crippen molar-refractivity contribution in [2.75, 3.05) is 19.8 Å². The topological polar surface area (TPSA) is 21.3 Å². The van der Waals surface area contributed by atoms with Crippen molar-refractivity contribution in [1.29, 1.82) is 0 Å². The first-order valence-electron chi connectivity index (χ1n) is 8.11. The van der Waals surface area contributed by atoms with Gasteiger partial charge in [0.2, 0.25) is 0 Å². The van der Waals surface area contributed by atoms with E-state index in [2.05, 4.69) is 12.2 Å². The molecule has 18 heavy (non-hydrogen) atoms. The molecule has 0 aromatic carbocycles. The average molecular weight is 253 g/mol. The van der Waals surface area contributed by atoms with E-state index in [1.165, 1.54) is 70.8 Å². The maximum atomic E-state index is 5.41. The third-order valence-corrected chi connectivity index (χ3v) is 4.89. The molecule has 0 unspecified atom stereocenters. The van der Waals surface area contributed by atoms with Crippen LogP contribution in [-0.4, -0.2) is 25.3 Å². The molecule has 0 aromatic heterocycles.